The highest BCUT2D eigenvalue weighted by atomic mass is 35.5. The predicted molar refractivity (Wildman–Crippen MR) is 124 cm³/mol. The SMILES string of the molecule is CO[C@H]1CN(c2nc(-c3ccncn3)c(C(=O)O)s2)CC[C@H]1NC(=O)c1[nH]c(C)c(Cl)c1C#N. The Morgan fingerprint density at radius 3 is 2.91 bits per heavy atom. The number of hydrogen-bond acceptors (Lipinski definition) is 9. The number of methoxy groups -OCH3 is 1. The smallest absolute Gasteiger partial charge is 0.348 e. The highest BCUT2D eigenvalue weighted by Crippen LogP contribution is 2.34. The number of ether oxygens (including phenoxy) is 1. The van der Waals surface area contributed by atoms with Gasteiger partial charge in [0.15, 0.2) is 5.13 Å². The average molecular weight is 502 g/mol. The number of aromatic nitrogens is 4. The summed E-state index contributed by atoms with van der Waals surface area (Å²) in [6.07, 6.45) is 2.99. The number of aromatic carboxylic acids is 1. The number of nitrogens with zero attached hydrogens (tertiary/aromatic N) is 5. The van der Waals surface area contributed by atoms with Crippen molar-refractivity contribution in [1.82, 2.24) is 25.3 Å². The van der Waals surface area contributed by atoms with E-state index in [-0.39, 0.29) is 32.9 Å². The molecule has 4 heterocycles. The van der Waals surface area contributed by atoms with Crippen molar-refractivity contribution >= 4 is 39.9 Å². The van der Waals surface area contributed by atoms with Crippen molar-refractivity contribution in [2.75, 3.05) is 25.1 Å². The average Bonchev–Trinajstić information content (AvgIpc) is 3.41. The first-order valence-electron chi connectivity index (χ1n) is 10.2. The van der Waals surface area contributed by atoms with Gasteiger partial charge in [0.25, 0.3) is 5.91 Å². The van der Waals surface area contributed by atoms with E-state index in [0.717, 1.165) is 11.3 Å². The molecule has 0 unspecified atom stereocenters. The van der Waals surface area contributed by atoms with Crippen LogP contribution in [0.15, 0.2) is 18.6 Å². The molecule has 0 radical (unpaired) electrons. The lowest BCUT2D eigenvalue weighted by Crippen LogP contribution is -2.55. The van der Waals surface area contributed by atoms with Gasteiger partial charge in [-0.2, -0.15) is 5.26 Å². The number of aryl methyl sites for hydroxylation is 1. The molecule has 3 aromatic rings. The number of nitriles is 1. The molecule has 1 amide bonds. The number of carboxylic acids is 1. The van der Waals surface area contributed by atoms with Gasteiger partial charge in [0.2, 0.25) is 0 Å². The van der Waals surface area contributed by atoms with Crippen molar-refractivity contribution in [2.24, 2.45) is 0 Å². The van der Waals surface area contributed by atoms with Gasteiger partial charge in [-0.05, 0) is 19.4 Å². The van der Waals surface area contributed by atoms with E-state index in [2.05, 4.69) is 25.3 Å². The lowest BCUT2D eigenvalue weighted by Gasteiger charge is -2.37. The number of halogens is 1. The van der Waals surface area contributed by atoms with Gasteiger partial charge < -0.3 is 25.0 Å². The maximum atomic E-state index is 12.8. The molecule has 0 saturated carbocycles. The number of nitrogens with one attached hydrogen (secondary N) is 2. The van der Waals surface area contributed by atoms with Crippen LogP contribution in [0.25, 0.3) is 11.4 Å². The van der Waals surface area contributed by atoms with Crippen LogP contribution in [0.5, 0.6) is 0 Å². The lowest BCUT2D eigenvalue weighted by atomic mass is 10.0. The highest BCUT2D eigenvalue weighted by Gasteiger charge is 2.34. The van der Waals surface area contributed by atoms with Gasteiger partial charge in [0, 0.05) is 32.1 Å². The lowest BCUT2D eigenvalue weighted by molar-refractivity contribution is 0.0540. The van der Waals surface area contributed by atoms with Crippen molar-refractivity contribution in [2.45, 2.75) is 25.5 Å². The van der Waals surface area contributed by atoms with Crippen LogP contribution >= 0.6 is 22.9 Å². The van der Waals surface area contributed by atoms with Crippen LogP contribution in [0.2, 0.25) is 5.02 Å². The predicted octanol–water partition coefficient (Wildman–Crippen LogP) is 2.48. The molecule has 11 nitrogen and oxygen atoms in total. The molecule has 176 valence electrons. The van der Waals surface area contributed by atoms with E-state index < -0.39 is 18.0 Å². The van der Waals surface area contributed by atoms with E-state index in [9.17, 15) is 20.0 Å². The molecule has 0 spiro atoms. The van der Waals surface area contributed by atoms with E-state index in [0.29, 0.717) is 36.0 Å². The third-order valence-electron chi connectivity index (χ3n) is 5.53. The molecule has 3 aromatic heterocycles. The van der Waals surface area contributed by atoms with Crippen molar-refractivity contribution in [3.63, 3.8) is 0 Å². The Labute approximate surface area is 203 Å². The normalized spacial score (nSPS) is 17.9. The van der Waals surface area contributed by atoms with Gasteiger partial charge in [-0.25, -0.2) is 19.7 Å². The summed E-state index contributed by atoms with van der Waals surface area (Å²) < 4.78 is 5.63. The molecule has 34 heavy (non-hydrogen) atoms. The second-order valence-electron chi connectivity index (χ2n) is 7.59. The number of hydrogen-bond donors (Lipinski definition) is 3. The molecular weight excluding hydrogens is 482 g/mol. The summed E-state index contributed by atoms with van der Waals surface area (Å²) in [5, 5.41) is 22.7. The number of rotatable bonds is 6. The number of anilines is 1. The number of H-pyrrole nitrogens is 1. The molecule has 4 rings (SSSR count). The molecule has 1 fully saturated rings. The topological polar surface area (TPSA) is 157 Å². The summed E-state index contributed by atoms with van der Waals surface area (Å²) >= 11 is 7.16. The maximum Gasteiger partial charge on any atom is 0.348 e. The van der Waals surface area contributed by atoms with Crippen molar-refractivity contribution in [3.05, 3.63) is 45.4 Å². The molecule has 0 bridgehead atoms. The third kappa shape index (κ3) is 4.45. The standard InChI is InChI=1S/C21H20ClN7O4S/c1-10-15(22)11(7-23)16(26-10)19(30)27-12-4-6-29(8-14(12)33-2)21-28-17(18(34-21)20(31)32)13-3-5-24-9-25-13/h3,5,9,12,14,26H,4,6,8H2,1-2H3,(H,27,30)(H,31,32)/t12-,14+/m1/s1. The molecular formula is C21H20ClN7O4S. The second kappa shape index (κ2) is 9.76. The van der Waals surface area contributed by atoms with E-state index in [1.165, 1.54) is 12.5 Å². The molecule has 1 saturated heterocycles. The summed E-state index contributed by atoms with van der Waals surface area (Å²) in [6, 6.07) is 3.23. The van der Waals surface area contributed by atoms with Crippen LogP contribution in [0.1, 0.15) is 37.8 Å². The van der Waals surface area contributed by atoms with Crippen molar-refractivity contribution in [1.29, 1.82) is 5.26 Å². The van der Waals surface area contributed by atoms with Gasteiger partial charge >= 0.3 is 5.97 Å². The minimum atomic E-state index is -1.09. The van der Waals surface area contributed by atoms with E-state index in [1.54, 1.807) is 20.1 Å². The summed E-state index contributed by atoms with van der Waals surface area (Å²) in [6.45, 7) is 2.58. The van der Waals surface area contributed by atoms with Crippen LogP contribution in [0, 0.1) is 18.3 Å². The number of carboxylic acid groups (broad SMARTS) is 1. The first-order valence-corrected chi connectivity index (χ1v) is 11.4. The molecule has 13 heteroatoms. The largest absolute Gasteiger partial charge is 0.477 e. The first-order chi connectivity index (χ1) is 16.3. The Bertz CT molecular complexity index is 1270. The fourth-order valence-electron chi connectivity index (χ4n) is 3.81. The fourth-order valence-corrected chi connectivity index (χ4v) is 4.94. The quantitative estimate of drug-likeness (QED) is 0.461. The highest BCUT2D eigenvalue weighted by molar-refractivity contribution is 7.17. The zero-order chi connectivity index (χ0) is 24.4. The number of aromatic amines is 1. The van der Waals surface area contributed by atoms with Gasteiger partial charge in [-0.3, -0.25) is 4.79 Å². The summed E-state index contributed by atoms with van der Waals surface area (Å²) in [4.78, 5) is 42.0. The van der Waals surface area contributed by atoms with Gasteiger partial charge in [0.05, 0.1) is 22.9 Å². The number of amides is 1. The minimum Gasteiger partial charge on any atom is -0.477 e. The monoisotopic (exact) mass is 501 g/mol. The van der Waals surface area contributed by atoms with Gasteiger partial charge in [-0.1, -0.05) is 22.9 Å². The number of carbonyl (C=O) groups is 2. The molecule has 2 atom stereocenters. The Hall–Kier alpha value is -3.53. The van der Waals surface area contributed by atoms with E-state index in [4.69, 9.17) is 16.3 Å². The zero-order valence-electron chi connectivity index (χ0n) is 18.2. The van der Waals surface area contributed by atoms with Crippen LogP contribution < -0.4 is 10.2 Å². The summed E-state index contributed by atoms with van der Waals surface area (Å²) in [7, 11) is 1.54. The molecule has 0 aromatic carbocycles. The molecule has 0 aliphatic carbocycles. The van der Waals surface area contributed by atoms with Crippen LogP contribution in [0.4, 0.5) is 5.13 Å². The van der Waals surface area contributed by atoms with E-state index >= 15 is 0 Å². The van der Waals surface area contributed by atoms with Crippen LogP contribution in [0.3, 0.4) is 0 Å². The number of carbonyl (C=O) groups excluding carboxylic acids is 1. The van der Waals surface area contributed by atoms with Crippen molar-refractivity contribution < 1.29 is 19.4 Å². The van der Waals surface area contributed by atoms with Crippen molar-refractivity contribution in [3.8, 4) is 17.5 Å². The Morgan fingerprint density at radius 1 is 1.47 bits per heavy atom. The fraction of sp³-hybridized carbons (Fsp3) is 0.333. The molecule has 3 N–H and O–H groups in total. The number of thiazole rings is 1. The summed E-state index contributed by atoms with van der Waals surface area (Å²) in [5.74, 6) is -1.53. The third-order valence-corrected chi connectivity index (χ3v) is 7.11. The van der Waals surface area contributed by atoms with E-state index in [1.807, 2.05) is 11.0 Å². The van der Waals surface area contributed by atoms with Gasteiger partial charge in [0.1, 0.15) is 34.2 Å². The van der Waals surface area contributed by atoms with Crippen LogP contribution in [-0.4, -0.2) is 69.3 Å². The number of piperidine rings is 1. The van der Waals surface area contributed by atoms with Crippen LogP contribution in [-0.2, 0) is 4.74 Å². The van der Waals surface area contributed by atoms with Gasteiger partial charge in [-0.15, -0.1) is 0 Å². The minimum absolute atomic E-state index is 0.0844. The Morgan fingerprint density at radius 2 is 2.26 bits per heavy atom. The molecule has 1 aliphatic heterocycles. The Balaban J connectivity index is 1.52. The summed E-state index contributed by atoms with van der Waals surface area (Å²) in [5.41, 5.74) is 1.46. The Kier molecular flexibility index (Phi) is 6.78. The first kappa shape index (κ1) is 23.6. The zero-order valence-corrected chi connectivity index (χ0v) is 19.8. The maximum absolute atomic E-state index is 12.8. The molecule has 1 aliphatic rings. The second-order valence-corrected chi connectivity index (χ2v) is 8.94.